The van der Waals surface area contributed by atoms with Crippen LogP contribution >= 0.6 is 11.6 Å². The molecule has 100 valence electrons. The molecule has 0 saturated heterocycles. The SMILES string of the molecule is N=C(N)c1ccnc(N(CCO)CC(F)F)c1Cl. The van der Waals surface area contributed by atoms with Crippen LogP contribution in [0, 0.1) is 5.41 Å². The standard InChI is InChI=1S/C10H13ClF2N4O/c11-8-6(9(14)15)1-2-16-10(8)17(3-4-18)5-7(12)13/h1-2,7,18H,3-5H2,(H3,14,15). The minimum atomic E-state index is -2.59. The maximum atomic E-state index is 12.4. The number of aliphatic hydroxyl groups is 1. The van der Waals surface area contributed by atoms with E-state index < -0.39 is 13.0 Å². The highest BCUT2D eigenvalue weighted by Crippen LogP contribution is 2.26. The summed E-state index contributed by atoms with van der Waals surface area (Å²) in [6.07, 6.45) is -1.26. The Hall–Kier alpha value is -1.47. The fraction of sp³-hybridized carbons (Fsp3) is 0.400. The molecule has 8 heteroatoms. The van der Waals surface area contributed by atoms with E-state index in [-0.39, 0.29) is 35.4 Å². The van der Waals surface area contributed by atoms with Crippen LogP contribution in [0.15, 0.2) is 12.3 Å². The number of alkyl halides is 2. The molecular formula is C10H13ClF2N4O. The van der Waals surface area contributed by atoms with Gasteiger partial charge in [-0.05, 0) is 6.07 Å². The summed E-state index contributed by atoms with van der Waals surface area (Å²) in [4.78, 5) is 5.04. The number of amidine groups is 1. The van der Waals surface area contributed by atoms with Crippen molar-refractivity contribution in [1.82, 2.24) is 4.98 Å². The van der Waals surface area contributed by atoms with Crippen molar-refractivity contribution in [3.05, 3.63) is 22.8 Å². The van der Waals surface area contributed by atoms with Gasteiger partial charge >= 0.3 is 0 Å². The Morgan fingerprint density at radius 2 is 2.28 bits per heavy atom. The van der Waals surface area contributed by atoms with Gasteiger partial charge in [0.15, 0.2) is 0 Å². The van der Waals surface area contributed by atoms with E-state index in [9.17, 15) is 8.78 Å². The number of pyridine rings is 1. The molecule has 5 nitrogen and oxygen atoms in total. The number of nitrogen functional groups attached to an aromatic ring is 1. The first-order chi connectivity index (χ1) is 8.47. The highest BCUT2D eigenvalue weighted by Gasteiger charge is 2.18. The number of nitrogens with zero attached hydrogens (tertiary/aromatic N) is 2. The number of aliphatic hydroxyl groups excluding tert-OH is 1. The number of halogens is 3. The number of hydrogen-bond donors (Lipinski definition) is 3. The topological polar surface area (TPSA) is 86.2 Å². The number of anilines is 1. The van der Waals surface area contributed by atoms with E-state index in [2.05, 4.69) is 4.98 Å². The van der Waals surface area contributed by atoms with Crippen molar-refractivity contribution in [3.8, 4) is 0 Å². The summed E-state index contributed by atoms with van der Waals surface area (Å²) in [7, 11) is 0. The van der Waals surface area contributed by atoms with Gasteiger partial charge in [0.05, 0.1) is 18.2 Å². The second-order valence-corrected chi connectivity index (χ2v) is 3.85. The maximum absolute atomic E-state index is 12.4. The van der Waals surface area contributed by atoms with E-state index in [0.717, 1.165) is 4.90 Å². The summed E-state index contributed by atoms with van der Waals surface area (Å²) in [5, 5.41) is 16.2. The molecule has 0 saturated carbocycles. The quantitative estimate of drug-likeness (QED) is 0.537. The van der Waals surface area contributed by atoms with Gasteiger partial charge in [-0.1, -0.05) is 11.6 Å². The van der Waals surface area contributed by atoms with Crippen LogP contribution in [0.25, 0.3) is 0 Å². The Balaban J connectivity index is 3.11. The van der Waals surface area contributed by atoms with Gasteiger partial charge in [0.25, 0.3) is 6.43 Å². The summed E-state index contributed by atoms with van der Waals surface area (Å²) in [6, 6.07) is 1.42. The van der Waals surface area contributed by atoms with Crippen molar-refractivity contribution >= 4 is 23.3 Å². The van der Waals surface area contributed by atoms with Crippen molar-refractivity contribution in [3.63, 3.8) is 0 Å². The zero-order chi connectivity index (χ0) is 13.7. The van der Waals surface area contributed by atoms with Gasteiger partial charge in [0, 0.05) is 18.3 Å². The molecule has 0 spiro atoms. The minimum Gasteiger partial charge on any atom is -0.395 e. The Morgan fingerprint density at radius 3 is 2.78 bits per heavy atom. The fourth-order valence-corrected chi connectivity index (χ4v) is 1.77. The van der Waals surface area contributed by atoms with Gasteiger partial charge in [-0.3, -0.25) is 5.41 Å². The van der Waals surface area contributed by atoms with Crippen molar-refractivity contribution in [1.29, 1.82) is 5.41 Å². The van der Waals surface area contributed by atoms with E-state index in [1.54, 1.807) is 0 Å². The summed E-state index contributed by atoms with van der Waals surface area (Å²) >= 11 is 5.97. The minimum absolute atomic E-state index is 0.0269. The van der Waals surface area contributed by atoms with Gasteiger partial charge in [-0.25, -0.2) is 13.8 Å². The van der Waals surface area contributed by atoms with Crippen molar-refractivity contribution in [2.45, 2.75) is 6.43 Å². The third-order valence-electron chi connectivity index (χ3n) is 2.19. The highest BCUT2D eigenvalue weighted by molar-refractivity contribution is 6.36. The van der Waals surface area contributed by atoms with Gasteiger partial charge in [-0.15, -0.1) is 0 Å². The molecule has 0 aliphatic carbocycles. The predicted octanol–water partition coefficient (Wildman–Crippen LogP) is 1.08. The number of nitrogens with one attached hydrogen (secondary N) is 1. The van der Waals surface area contributed by atoms with Crippen LogP contribution in [0.2, 0.25) is 5.02 Å². The van der Waals surface area contributed by atoms with Crippen LogP contribution in [-0.4, -0.2) is 42.0 Å². The van der Waals surface area contributed by atoms with E-state index >= 15 is 0 Å². The number of hydrogen-bond acceptors (Lipinski definition) is 4. The van der Waals surface area contributed by atoms with Gasteiger partial charge in [-0.2, -0.15) is 0 Å². The predicted molar refractivity (Wildman–Crippen MR) is 65.6 cm³/mol. The Labute approximate surface area is 108 Å². The monoisotopic (exact) mass is 278 g/mol. The Bertz CT molecular complexity index is 430. The average molecular weight is 279 g/mol. The molecular weight excluding hydrogens is 266 g/mol. The highest BCUT2D eigenvalue weighted by atomic mass is 35.5. The molecule has 4 N–H and O–H groups in total. The molecule has 1 rings (SSSR count). The van der Waals surface area contributed by atoms with Crippen LogP contribution in [-0.2, 0) is 0 Å². The van der Waals surface area contributed by atoms with Crippen molar-refractivity contribution < 1.29 is 13.9 Å². The van der Waals surface area contributed by atoms with Crippen LogP contribution in [0.1, 0.15) is 5.56 Å². The number of rotatable bonds is 6. The van der Waals surface area contributed by atoms with E-state index in [0.29, 0.717) is 0 Å². The zero-order valence-corrected chi connectivity index (χ0v) is 10.2. The zero-order valence-electron chi connectivity index (χ0n) is 9.41. The first kappa shape index (κ1) is 14.6. The summed E-state index contributed by atoms with van der Waals surface area (Å²) < 4.78 is 24.8. The molecule has 0 aliphatic rings. The molecule has 18 heavy (non-hydrogen) atoms. The smallest absolute Gasteiger partial charge is 0.255 e. The van der Waals surface area contributed by atoms with E-state index in [4.69, 9.17) is 27.9 Å². The summed E-state index contributed by atoms with van der Waals surface area (Å²) in [5.41, 5.74) is 5.54. The third-order valence-corrected chi connectivity index (χ3v) is 2.56. The molecule has 0 fully saturated rings. The van der Waals surface area contributed by atoms with Crippen molar-refractivity contribution in [2.75, 3.05) is 24.6 Å². The molecule has 0 amide bonds. The molecule has 0 unspecified atom stereocenters. The van der Waals surface area contributed by atoms with Crippen molar-refractivity contribution in [2.24, 2.45) is 5.73 Å². The molecule has 0 radical (unpaired) electrons. The molecule has 1 aromatic heterocycles. The molecule has 0 aromatic carbocycles. The first-order valence-electron chi connectivity index (χ1n) is 5.10. The Kier molecular flexibility index (Phi) is 5.24. The molecule has 0 aliphatic heterocycles. The third kappa shape index (κ3) is 3.51. The molecule has 0 atom stereocenters. The largest absolute Gasteiger partial charge is 0.395 e. The normalized spacial score (nSPS) is 10.7. The van der Waals surface area contributed by atoms with Crippen LogP contribution in [0.5, 0.6) is 0 Å². The lowest BCUT2D eigenvalue weighted by Gasteiger charge is -2.23. The fourth-order valence-electron chi connectivity index (χ4n) is 1.43. The lowest BCUT2D eigenvalue weighted by molar-refractivity contribution is 0.152. The van der Waals surface area contributed by atoms with E-state index in [1.807, 2.05) is 0 Å². The molecule has 1 heterocycles. The van der Waals surface area contributed by atoms with Gasteiger partial charge in [0.1, 0.15) is 11.7 Å². The maximum Gasteiger partial charge on any atom is 0.255 e. The van der Waals surface area contributed by atoms with Gasteiger partial charge < -0.3 is 15.7 Å². The first-order valence-corrected chi connectivity index (χ1v) is 5.48. The Morgan fingerprint density at radius 1 is 1.61 bits per heavy atom. The van der Waals surface area contributed by atoms with Crippen LogP contribution in [0.4, 0.5) is 14.6 Å². The second kappa shape index (κ2) is 6.46. The second-order valence-electron chi connectivity index (χ2n) is 3.47. The van der Waals surface area contributed by atoms with Crippen LogP contribution < -0.4 is 10.6 Å². The lowest BCUT2D eigenvalue weighted by Crippen LogP contribution is -2.33. The van der Waals surface area contributed by atoms with Crippen LogP contribution in [0.3, 0.4) is 0 Å². The average Bonchev–Trinajstić information content (AvgIpc) is 2.27. The number of nitrogens with two attached hydrogens (primary N) is 1. The molecule has 1 aromatic rings. The molecule has 0 bridgehead atoms. The lowest BCUT2D eigenvalue weighted by atomic mass is 10.2. The van der Waals surface area contributed by atoms with Gasteiger partial charge in [0.2, 0.25) is 0 Å². The number of aromatic nitrogens is 1. The summed E-state index contributed by atoms with van der Waals surface area (Å²) in [5.74, 6) is -0.191. The van der Waals surface area contributed by atoms with E-state index in [1.165, 1.54) is 12.3 Å². The summed E-state index contributed by atoms with van der Waals surface area (Å²) in [6.45, 7) is -0.942.